The van der Waals surface area contributed by atoms with Crippen molar-refractivity contribution in [2.45, 2.75) is 25.8 Å². The lowest BCUT2D eigenvalue weighted by Gasteiger charge is -2.33. The van der Waals surface area contributed by atoms with Gasteiger partial charge >= 0.3 is 0 Å². The Morgan fingerprint density at radius 2 is 2.05 bits per heavy atom. The highest BCUT2D eigenvalue weighted by atomic mass is 16.2. The number of nitrogens with one attached hydrogen (secondary N) is 1. The number of hydrogen-bond acceptors (Lipinski definition) is 5. The summed E-state index contributed by atoms with van der Waals surface area (Å²) in [6.07, 6.45) is 2.42. The fraction of sp³-hybridized carbons (Fsp3) is 0.643. The summed E-state index contributed by atoms with van der Waals surface area (Å²) in [5.41, 5.74) is 0.446. The van der Waals surface area contributed by atoms with Crippen LogP contribution in [-0.4, -0.2) is 59.8 Å². The molecule has 1 amide bonds. The molecule has 6 heteroatoms. The van der Waals surface area contributed by atoms with Crippen molar-refractivity contribution >= 4 is 11.7 Å². The fourth-order valence-electron chi connectivity index (χ4n) is 2.84. The van der Waals surface area contributed by atoms with Gasteiger partial charge in [-0.05, 0) is 31.9 Å². The van der Waals surface area contributed by atoms with Gasteiger partial charge in [-0.2, -0.15) is 0 Å². The number of amides is 1. The lowest BCUT2D eigenvalue weighted by Crippen LogP contribution is -2.52. The second kappa shape index (κ2) is 5.75. The molecule has 0 unspecified atom stereocenters. The Labute approximate surface area is 119 Å². The van der Waals surface area contributed by atoms with Gasteiger partial charge in [0, 0.05) is 38.8 Å². The molecule has 108 valence electrons. The third-order valence-electron chi connectivity index (χ3n) is 4.06. The summed E-state index contributed by atoms with van der Waals surface area (Å²) in [6.45, 7) is 6.54. The summed E-state index contributed by atoms with van der Waals surface area (Å²) < 4.78 is 0. The molecule has 1 aromatic heterocycles. The van der Waals surface area contributed by atoms with E-state index in [0.29, 0.717) is 5.69 Å². The molecule has 0 spiro atoms. The Kier molecular flexibility index (Phi) is 3.82. The van der Waals surface area contributed by atoms with Crippen molar-refractivity contribution in [2.75, 3.05) is 37.6 Å². The number of hydrogen-bond donors (Lipinski definition) is 1. The van der Waals surface area contributed by atoms with Crippen LogP contribution >= 0.6 is 0 Å². The molecule has 2 aliphatic heterocycles. The smallest absolute Gasteiger partial charge is 0.274 e. The largest absolute Gasteiger partial charge is 0.355 e. The van der Waals surface area contributed by atoms with Crippen LogP contribution < -0.4 is 10.2 Å². The van der Waals surface area contributed by atoms with Crippen molar-refractivity contribution in [3.63, 3.8) is 0 Å². The molecule has 0 bridgehead atoms. The number of rotatable bonds is 2. The van der Waals surface area contributed by atoms with Crippen molar-refractivity contribution < 1.29 is 4.79 Å². The third-order valence-corrected chi connectivity index (χ3v) is 4.06. The summed E-state index contributed by atoms with van der Waals surface area (Å²) in [7, 11) is 0. The molecule has 1 aromatic rings. The zero-order chi connectivity index (χ0) is 13.9. The number of anilines is 1. The first kappa shape index (κ1) is 13.3. The summed E-state index contributed by atoms with van der Waals surface area (Å²) in [5, 5.41) is 11.6. The first-order chi connectivity index (χ1) is 9.75. The molecule has 3 heterocycles. The van der Waals surface area contributed by atoms with Crippen LogP contribution in [0.2, 0.25) is 0 Å². The minimum absolute atomic E-state index is 0.0144. The summed E-state index contributed by atoms with van der Waals surface area (Å²) >= 11 is 0. The Bertz CT molecular complexity index is 469. The van der Waals surface area contributed by atoms with Crippen molar-refractivity contribution in [3.05, 3.63) is 17.8 Å². The SMILES string of the molecule is C[C@H]1CNCCN1C(=O)c1ccc(N2CCCC2)nn1. The highest BCUT2D eigenvalue weighted by Gasteiger charge is 2.25. The van der Waals surface area contributed by atoms with Gasteiger partial charge in [-0.15, -0.1) is 10.2 Å². The summed E-state index contributed by atoms with van der Waals surface area (Å²) in [6, 6.07) is 3.92. The first-order valence-electron chi connectivity index (χ1n) is 7.36. The Hall–Kier alpha value is -1.69. The van der Waals surface area contributed by atoms with Gasteiger partial charge in [0.05, 0.1) is 0 Å². The molecule has 1 N–H and O–H groups in total. The van der Waals surface area contributed by atoms with Crippen molar-refractivity contribution in [2.24, 2.45) is 0 Å². The maximum absolute atomic E-state index is 12.4. The van der Waals surface area contributed by atoms with E-state index < -0.39 is 0 Å². The molecule has 0 aliphatic carbocycles. The number of aromatic nitrogens is 2. The third kappa shape index (κ3) is 2.60. The van der Waals surface area contributed by atoms with Crippen LogP contribution in [0.15, 0.2) is 12.1 Å². The van der Waals surface area contributed by atoms with Crippen molar-refractivity contribution in [1.82, 2.24) is 20.4 Å². The van der Waals surface area contributed by atoms with E-state index in [1.54, 1.807) is 6.07 Å². The molecule has 0 radical (unpaired) electrons. The van der Waals surface area contributed by atoms with E-state index in [9.17, 15) is 4.79 Å². The van der Waals surface area contributed by atoms with E-state index in [0.717, 1.165) is 38.5 Å². The summed E-state index contributed by atoms with van der Waals surface area (Å²) in [4.78, 5) is 16.5. The molecular formula is C14H21N5O. The lowest BCUT2D eigenvalue weighted by molar-refractivity contribution is 0.0648. The van der Waals surface area contributed by atoms with Gasteiger partial charge in [0.15, 0.2) is 11.5 Å². The van der Waals surface area contributed by atoms with Crippen LogP contribution in [0, 0.1) is 0 Å². The second-order valence-corrected chi connectivity index (χ2v) is 5.52. The van der Waals surface area contributed by atoms with Crippen LogP contribution in [0.25, 0.3) is 0 Å². The quantitative estimate of drug-likeness (QED) is 0.852. The standard InChI is InChI=1S/C14H21N5O/c1-11-10-15-6-9-19(11)14(20)12-4-5-13(17-16-12)18-7-2-3-8-18/h4-5,11,15H,2-3,6-10H2,1H3/t11-/m0/s1. The lowest BCUT2D eigenvalue weighted by atomic mass is 10.2. The predicted molar refractivity (Wildman–Crippen MR) is 76.8 cm³/mol. The topological polar surface area (TPSA) is 61.4 Å². The molecule has 2 aliphatic rings. The van der Waals surface area contributed by atoms with E-state index in [2.05, 4.69) is 27.3 Å². The normalized spacial score (nSPS) is 23.1. The van der Waals surface area contributed by atoms with Crippen LogP contribution in [0.3, 0.4) is 0 Å². The Morgan fingerprint density at radius 3 is 2.70 bits per heavy atom. The highest BCUT2D eigenvalue weighted by molar-refractivity contribution is 5.92. The maximum Gasteiger partial charge on any atom is 0.274 e. The minimum Gasteiger partial charge on any atom is -0.355 e. The zero-order valence-corrected chi connectivity index (χ0v) is 11.9. The van der Waals surface area contributed by atoms with Crippen molar-refractivity contribution in [3.8, 4) is 0 Å². The average Bonchev–Trinajstić information content (AvgIpc) is 3.01. The van der Waals surface area contributed by atoms with E-state index in [4.69, 9.17) is 0 Å². The minimum atomic E-state index is -0.0144. The number of carbonyl (C=O) groups is 1. The molecule has 6 nitrogen and oxygen atoms in total. The highest BCUT2D eigenvalue weighted by Crippen LogP contribution is 2.17. The number of nitrogens with zero attached hydrogens (tertiary/aromatic N) is 4. The van der Waals surface area contributed by atoms with Gasteiger partial charge < -0.3 is 15.1 Å². The van der Waals surface area contributed by atoms with Gasteiger partial charge in [0.2, 0.25) is 0 Å². The molecule has 2 fully saturated rings. The molecule has 0 saturated carbocycles. The van der Waals surface area contributed by atoms with Gasteiger partial charge in [-0.1, -0.05) is 0 Å². The molecule has 3 rings (SSSR count). The molecule has 1 atom stereocenters. The van der Waals surface area contributed by atoms with Crippen LogP contribution in [0.5, 0.6) is 0 Å². The average molecular weight is 275 g/mol. The molecule has 2 saturated heterocycles. The van der Waals surface area contributed by atoms with Gasteiger partial charge in [0.25, 0.3) is 5.91 Å². The van der Waals surface area contributed by atoms with E-state index >= 15 is 0 Å². The number of carbonyl (C=O) groups excluding carboxylic acids is 1. The Morgan fingerprint density at radius 1 is 1.25 bits per heavy atom. The predicted octanol–water partition coefficient (Wildman–Crippen LogP) is 0.511. The second-order valence-electron chi connectivity index (χ2n) is 5.52. The van der Waals surface area contributed by atoms with E-state index in [-0.39, 0.29) is 11.9 Å². The molecule has 0 aromatic carbocycles. The van der Waals surface area contributed by atoms with Gasteiger partial charge in [-0.3, -0.25) is 4.79 Å². The molecule has 20 heavy (non-hydrogen) atoms. The van der Waals surface area contributed by atoms with Crippen molar-refractivity contribution in [1.29, 1.82) is 0 Å². The fourth-order valence-corrected chi connectivity index (χ4v) is 2.84. The van der Waals surface area contributed by atoms with Crippen LogP contribution in [-0.2, 0) is 0 Å². The number of piperazine rings is 1. The van der Waals surface area contributed by atoms with E-state index in [1.165, 1.54) is 12.8 Å². The summed E-state index contributed by atoms with van der Waals surface area (Å²) in [5.74, 6) is 0.867. The van der Waals surface area contributed by atoms with Crippen LogP contribution in [0.4, 0.5) is 5.82 Å². The van der Waals surface area contributed by atoms with E-state index in [1.807, 2.05) is 11.0 Å². The van der Waals surface area contributed by atoms with Crippen LogP contribution in [0.1, 0.15) is 30.3 Å². The first-order valence-corrected chi connectivity index (χ1v) is 7.36. The monoisotopic (exact) mass is 275 g/mol. The Balaban J connectivity index is 1.71. The molecular weight excluding hydrogens is 254 g/mol. The zero-order valence-electron chi connectivity index (χ0n) is 11.9. The van der Waals surface area contributed by atoms with Gasteiger partial charge in [-0.25, -0.2) is 0 Å². The van der Waals surface area contributed by atoms with Gasteiger partial charge in [0.1, 0.15) is 0 Å². The maximum atomic E-state index is 12.4.